The summed E-state index contributed by atoms with van der Waals surface area (Å²) in [7, 11) is 4.06. The van der Waals surface area contributed by atoms with E-state index in [0.29, 0.717) is 12.0 Å². The summed E-state index contributed by atoms with van der Waals surface area (Å²) in [5, 5.41) is 3.79. The van der Waals surface area contributed by atoms with Gasteiger partial charge in [-0.3, -0.25) is 0 Å². The first kappa shape index (κ1) is 25.7. The molecule has 0 bridgehead atoms. The molecule has 0 spiro atoms. The maximum atomic E-state index is 5.23. The first-order valence-corrected chi connectivity index (χ1v) is 13.3. The molecule has 1 N–H and O–H groups in total. The molecule has 1 atom stereocenters. The summed E-state index contributed by atoms with van der Waals surface area (Å²) in [5.41, 5.74) is 10.7. The highest BCUT2D eigenvalue weighted by molar-refractivity contribution is 5.95. The van der Waals surface area contributed by atoms with E-state index in [4.69, 9.17) is 4.98 Å². The molecule has 1 aromatic carbocycles. The van der Waals surface area contributed by atoms with Gasteiger partial charge in [0.1, 0.15) is 5.82 Å². The molecule has 3 heterocycles. The van der Waals surface area contributed by atoms with Crippen LogP contribution in [0.1, 0.15) is 75.4 Å². The minimum atomic E-state index is 0.342. The Kier molecular flexibility index (Phi) is 7.67. The molecule has 4 aromatic rings. The van der Waals surface area contributed by atoms with Crippen LogP contribution in [0.5, 0.6) is 0 Å². The Morgan fingerprint density at radius 3 is 2.36 bits per heavy atom. The number of rotatable bonds is 9. The van der Waals surface area contributed by atoms with E-state index in [0.717, 1.165) is 47.7 Å². The Balaban J connectivity index is 1.85. The predicted molar refractivity (Wildman–Crippen MR) is 154 cm³/mol. The lowest BCUT2D eigenvalue weighted by Crippen LogP contribution is -2.12. The number of aromatic nitrogens is 3. The van der Waals surface area contributed by atoms with E-state index in [2.05, 4.69) is 97.7 Å². The molecular formula is C31H41N5. The van der Waals surface area contributed by atoms with Crippen molar-refractivity contribution in [1.82, 2.24) is 14.5 Å². The minimum absolute atomic E-state index is 0.342. The van der Waals surface area contributed by atoms with Gasteiger partial charge in [-0.1, -0.05) is 45.0 Å². The second kappa shape index (κ2) is 10.7. The van der Waals surface area contributed by atoms with Gasteiger partial charge in [-0.05, 0) is 74.4 Å². The Morgan fingerprint density at radius 1 is 1.03 bits per heavy atom. The maximum Gasteiger partial charge on any atom is 0.137 e. The van der Waals surface area contributed by atoms with Crippen LogP contribution in [0.15, 0.2) is 48.7 Å². The minimum Gasteiger partial charge on any atom is -0.379 e. The summed E-state index contributed by atoms with van der Waals surface area (Å²) >= 11 is 0. The molecule has 0 radical (unpaired) electrons. The standard InChI is InChI=1S/C31H41N5/c1-9-21(5)24-15-13-23(14-16-24)19-33-27-18-26(25-12-11-17-32-31(25)35(7)8)34-29-22(6)28(10-2)36(20(3)4)30(27)29/h11-18,20-21H,9-10,19H2,1-8H3,(H,33,34). The number of anilines is 2. The molecule has 0 amide bonds. The fourth-order valence-corrected chi connectivity index (χ4v) is 5.12. The summed E-state index contributed by atoms with van der Waals surface area (Å²) in [6.45, 7) is 14.3. The molecule has 1 unspecified atom stereocenters. The van der Waals surface area contributed by atoms with Gasteiger partial charge in [0.25, 0.3) is 0 Å². The van der Waals surface area contributed by atoms with Crippen molar-refractivity contribution >= 4 is 22.5 Å². The van der Waals surface area contributed by atoms with Crippen LogP contribution in [0, 0.1) is 6.92 Å². The van der Waals surface area contributed by atoms with Crippen LogP contribution < -0.4 is 10.2 Å². The SMILES string of the molecule is CCc1c(C)c2nc(-c3cccnc3N(C)C)cc(NCc3ccc(C(C)CC)cc3)c2n1C(C)C. The van der Waals surface area contributed by atoms with Gasteiger partial charge in [0.2, 0.25) is 0 Å². The van der Waals surface area contributed by atoms with Crippen LogP contribution in [0.4, 0.5) is 11.5 Å². The molecule has 0 fully saturated rings. The molecule has 0 saturated heterocycles. The molecule has 0 saturated carbocycles. The molecule has 36 heavy (non-hydrogen) atoms. The van der Waals surface area contributed by atoms with E-state index >= 15 is 0 Å². The smallest absolute Gasteiger partial charge is 0.137 e. The first-order chi connectivity index (χ1) is 17.3. The average Bonchev–Trinajstić information content (AvgIpc) is 3.18. The van der Waals surface area contributed by atoms with Crippen molar-refractivity contribution in [2.24, 2.45) is 0 Å². The quantitative estimate of drug-likeness (QED) is 0.264. The van der Waals surface area contributed by atoms with E-state index in [1.54, 1.807) is 0 Å². The summed E-state index contributed by atoms with van der Waals surface area (Å²) in [5.74, 6) is 1.51. The first-order valence-electron chi connectivity index (χ1n) is 13.3. The highest BCUT2D eigenvalue weighted by Gasteiger charge is 2.22. The Morgan fingerprint density at radius 2 is 1.75 bits per heavy atom. The van der Waals surface area contributed by atoms with Crippen molar-refractivity contribution in [3.8, 4) is 11.3 Å². The number of hydrogen-bond donors (Lipinski definition) is 1. The van der Waals surface area contributed by atoms with E-state index < -0.39 is 0 Å². The normalized spacial score (nSPS) is 12.4. The molecular weight excluding hydrogens is 442 g/mol. The fraction of sp³-hybridized carbons (Fsp3) is 0.419. The van der Waals surface area contributed by atoms with Crippen molar-refractivity contribution < 1.29 is 0 Å². The Bertz CT molecular complexity index is 1330. The zero-order chi connectivity index (χ0) is 26.0. The van der Waals surface area contributed by atoms with Crippen LogP contribution in [-0.4, -0.2) is 28.6 Å². The maximum absolute atomic E-state index is 5.23. The lowest BCUT2D eigenvalue weighted by Gasteiger charge is -2.19. The summed E-state index contributed by atoms with van der Waals surface area (Å²) in [4.78, 5) is 11.9. The van der Waals surface area contributed by atoms with Crippen LogP contribution >= 0.6 is 0 Å². The van der Waals surface area contributed by atoms with Crippen LogP contribution in [-0.2, 0) is 13.0 Å². The summed E-state index contributed by atoms with van der Waals surface area (Å²) in [6.07, 6.45) is 3.97. The molecule has 190 valence electrons. The third kappa shape index (κ3) is 4.84. The zero-order valence-electron chi connectivity index (χ0n) is 23.2. The van der Waals surface area contributed by atoms with Gasteiger partial charge in [0.05, 0.1) is 22.4 Å². The molecule has 0 aliphatic rings. The summed E-state index contributed by atoms with van der Waals surface area (Å²) < 4.78 is 2.46. The third-order valence-corrected chi connectivity index (χ3v) is 7.29. The average molecular weight is 484 g/mol. The third-order valence-electron chi connectivity index (χ3n) is 7.29. The number of nitrogens with zero attached hydrogens (tertiary/aromatic N) is 4. The lowest BCUT2D eigenvalue weighted by atomic mass is 9.98. The lowest BCUT2D eigenvalue weighted by molar-refractivity contribution is 0.596. The van der Waals surface area contributed by atoms with E-state index in [-0.39, 0.29) is 0 Å². The largest absolute Gasteiger partial charge is 0.379 e. The highest BCUT2D eigenvalue weighted by atomic mass is 15.1. The van der Waals surface area contributed by atoms with Crippen molar-refractivity contribution in [3.63, 3.8) is 0 Å². The number of fused-ring (bicyclic) bond motifs is 1. The van der Waals surface area contributed by atoms with Crippen LogP contribution in [0.3, 0.4) is 0 Å². The second-order valence-electron chi connectivity index (χ2n) is 10.3. The van der Waals surface area contributed by atoms with Gasteiger partial charge in [0, 0.05) is 44.1 Å². The topological polar surface area (TPSA) is 46.0 Å². The van der Waals surface area contributed by atoms with E-state index in [9.17, 15) is 0 Å². The van der Waals surface area contributed by atoms with Gasteiger partial charge in [-0.15, -0.1) is 0 Å². The van der Waals surface area contributed by atoms with Crippen LogP contribution in [0.2, 0.25) is 0 Å². The molecule has 5 nitrogen and oxygen atoms in total. The Labute approximate surface area is 216 Å². The number of pyridine rings is 2. The Hall–Kier alpha value is -3.34. The molecule has 4 rings (SSSR count). The van der Waals surface area contributed by atoms with Crippen molar-refractivity contribution in [2.75, 3.05) is 24.3 Å². The van der Waals surface area contributed by atoms with Gasteiger partial charge in [-0.25, -0.2) is 9.97 Å². The van der Waals surface area contributed by atoms with E-state index in [1.807, 2.05) is 26.4 Å². The number of nitrogens with one attached hydrogen (secondary N) is 1. The molecule has 0 aliphatic heterocycles. The van der Waals surface area contributed by atoms with Crippen molar-refractivity contribution in [3.05, 3.63) is 71.0 Å². The number of benzene rings is 1. The second-order valence-corrected chi connectivity index (χ2v) is 10.3. The number of aryl methyl sites for hydroxylation is 1. The van der Waals surface area contributed by atoms with Crippen molar-refractivity contribution in [1.29, 1.82) is 0 Å². The van der Waals surface area contributed by atoms with E-state index in [1.165, 1.54) is 27.9 Å². The summed E-state index contributed by atoms with van der Waals surface area (Å²) in [6, 6.07) is 15.7. The van der Waals surface area contributed by atoms with Gasteiger partial charge in [0.15, 0.2) is 0 Å². The highest BCUT2D eigenvalue weighted by Crippen LogP contribution is 2.37. The fourth-order valence-electron chi connectivity index (χ4n) is 5.12. The van der Waals surface area contributed by atoms with Crippen molar-refractivity contribution in [2.45, 2.75) is 72.9 Å². The zero-order valence-corrected chi connectivity index (χ0v) is 23.2. The number of hydrogen-bond acceptors (Lipinski definition) is 4. The molecule has 3 aromatic heterocycles. The van der Waals surface area contributed by atoms with Crippen LogP contribution in [0.25, 0.3) is 22.3 Å². The molecule has 5 heteroatoms. The monoisotopic (exact) mass is 483 g/mol. The predicted octanol–water partition coefficient (Wildman–Crippen LogP) is 7.74. The van der Waals surface area contributed by atoms with Gasteiger partial charge in [-0.2, -0.15) is 0 Å². The van der Waals surface area contributed by atoms with Gasteiger partial charge >= 0.3 is 0 Å². The van der Waals surface area contributed by atoms with Gasteiger partial charge < -0.3 is 14.8 Å². The molecule has 0 aliphatic carbocycles.